The molecular weight excluding hydrogens is 430 g/mol. The first-order valence-corrected chi connectivity index (χ1v) is 11.3. The average Bonchev–Trinajstić information content (AvgIpc) is 3.32. The van der Waals surface area contributed by atoms with Crippen molar-refractivity contribution in [2.75, 3.05) is 18.4 Å². The van der Waals surface area contributed by atoms with Gasteiger partial charge in [0, 0.05) is 42.1 Å². The monoisotopic (exact) mass is 455 g/mol. The van der Waals surface area contributed by atoms with Crippen LogP contribution in [0.3, 0.4) is 0 Å². The number of anilines is 1. The molecule has 5 rings (SSSR count). The number of pyridine rings is 1. The minimum absolute atomic E-state index is 0.103. The number of benzene rings is 2. The van der Waals surface area contributed by atoms with Crippen LogP contribution < -0.4 is 5.32 Å². The van der Waals surface area contributed by atoms with Crippen molar-refractivity contribution in [2.45, 2.75) is 19.4 Å². The second-order valence-electron chi connectivity index (χ2n) is 8.38. The van der Waals surface area contributed by atoms with E-state index in [1.165, 1.54) is 0 Å². The van der Waals surface area contributed by atoms with Crippen LogP contribution in [-0.4, -0.2) is 45.2 Å². The van der Waals surface area contributed by atoms with E-state index < -0.39 is 0 Å². The molecule has 3 heterocycles. The number of aromatic nitrogens is 3. The zero-order chi connectivity index (χ0) is 23.3. The van der Waals surface area contributed by atoms with Crippen molar-refractivity contribution in [1.29, 1.82) is 0 Å². The molecule has 8 heteroatoms. The molecule has 1 saturated heterocycles. The van der Waals surface area contributed by atoms with Gasteiger partial charge in [-0.2, -0.15) is 5.10 Å². The van der Waals surface area contributed by atoms with Crippen LogP contribution in [0.4, 0.5) is 10.5 Å². The highest BCUT2D eigenvalue weighted by Crippen LogP contribution is 2.28. The van der Waals surface area contributed by atoms with Crippen LogP contribution in [0.15, 0.2) is 73.1 Å². The third-order valence-corrected chi connectivity index (χ3v) is 6.04. The van der Waals surface area contributed by atoms with E-state index in [0.29, 0.717) is 18.8 Å². The number of rotatable bonds is 5. The van der Waals surface area contributed by atoms with Crippen LogP contribution in [0, 0.1) is 5.92 Å². The number of carbonyl (C=O) groups is 2. The van der Waals surface area contributed by atoms with E-state index in [2.05, 4.69) is 20.5 Å². The summed E-state index contributed by atoms with van der Waals surface area (Å²) in [7, 11) is 0. The highest BCUT2D eigenvalue weighted by atomic mass is 16.6. The van der Waals surface area contributed by atoms with Crippen molar-refractivity contribution in [1.82, 2.24) is 20.1 Å². The van der Waals surface area contributed by atoms with Gasteiger partial charge in [-0.25, -0.2) is 4.79 Å². The first kappa shape index (κ1) is 21.6. The minimum atomic E-state index is -0.386. The molecule has 1 aliphatic heterocycles. The lowest BCUT2D eigenvalue weighted by Crippen LogP contribution is -2.44. The number of hydrogen-bond acceptors (Lipinski definition) is 5. The van der Waals surface area contributed by atoms with Crippen LogP contribution in [0.2, 0.25) is 0 Å². The molecule has 2 aromatic heterocycles. The standard InChI is InChI=1S/C26H25N5O3/c32-25(20-7-4-14-31(16-20)26(33)34-17-18-5-2-1-3-6-18)28-21-8-9-23-22(15-21)24(30-29-23)19-10-12-27-13-11-19/h1-3,5-6,8-13,15,20H,4,7,14,16-17H2,(H,28,32)(H,29,30). The van der Waals surface area contributed by atoms with Crippen molar-refractivity contribution >= 4 is 28.6 Å². The molecule has 1 atom stereocenters. The molecule has 0 bridgehead atoms. The maximum Gasteiger partial charge on any atom is 0.410 e. The van der Waals surface area contributed by atoms with Gasteiger partial charge in [-0.1, -0.05) is 30.3 Å². The average molecular weight is 456 g/mol. The molecule has 0 spiro atoms. The van der Waals surface area contributed by atoms with E-state index in [0.717, 1.165) is 40.6 Å². The summed E-state index contributed by atoms with van der Waals surface area (Å²) < 4.78 is 5.45. The Morgan fingerprint density at radius 1 is 1.09 bits per heavy atom. The quantitative estimate of drug-likeness (QED) is 0.458. The van der Waals surface area contributed by atoms with Crippen molar-refractivity contribution < 1.29 is 14.3 Å². The van der Waals surface area contributed by atoms with Crippen LogP contribution in [-0.2, 0) is 16.1 Å². The number of likely N-dealkylation sites (tertiary alicyclic amines) is 1. The maximum atomic E-state index is 13.0. The summed E-state index contributed by atoms with van der Waals surface area (Å²) in [6, 6.07) is 19.0. The Bertz CT molecular complexity index is 1290. The van der Waals surface area contributed by atoms with E-state index in [1.807, 2.05) is 60.7 Å². The summed E-state index contributed by atoms with van der Waals surface area (Å²) in [6.07, 6.45) is 4.54. The number of aromatic amines is 1. The van der Waals surface area contributed by atoms with Gasteiger partial charge in [0.05, 0.1) is 11.4 Å². The topological polar surface area (TPSA) is 100 Å². The van der Waals surface area contributed by atoms with Crippen molar-refractivity contribution in [3.05, 3.63) is 78.6 Å². The Kier molecular flexibility index (Phi) is 6.20. The lowest BCUT2D eigenvalue weighted by atomic mass is 9.97. The molecule has 1 unspecified atom stereocenters. The summed E-state index contributed by atoms with van der Waals surface area (Å²) in [4.78, 5) is 31.2. The molecule has 8 nitrogen and oxygen atoms in total. The Hall–Kier alpha value is -4.20. The van der Waals surface area contributed by atoms with Crippen molar-refractivity contribution in [3.8, 4) is 11.3 Å². The fraction of sp³-hybridized carbons (Fsp3) is 0.231. The summed E-state index contributed by atoms with van der Waals surface area (Å²) in [5.41, 5.74) is 4.26. The van der Waals surface area contributed by atoms with Gasteiger partial charge in [-0.3, -0.25) is 14.9 Å². The van der Waals surface area contributed by atoms with Crippen LogP contribution in [0.5, 0.6) is 0 Å². The zero-order valence-electron chi connectivity index (χ0n) is 18.6. The largest absolute Gasteiger partial charge is 0.445 e. The summed E-state index contributed by atoms with van der Waals surface area (Å²) >= 11 is 0. The normalized spacial score (nSPS) is 15.8. The molecule has 0 aliphatic carbocycles. The van der Waals surface area contributed by atoms with Gasteiger partial charge in [-0.15, -0.1) is 0 Å². The SMILES string of the molecule is O=C(Nc1ccc2[nH]nc(-c3ccncc3)c2c1)C1CCCN(C(=O)OCc2ccccc2)C1. The van der Waals surface area contributed by atoms with Gasteiger partial charge in [0.25, 0.3) is 0 Å². The third-order valence-electron chi connectivity index (χ3n) is 6.04. The lowest BCUT2D eigenvalue weighted by Gasteiger charge is -2.31. The Morgan fingerprint density at radius 2 is 1.91 bits per heavy atom. The summed E-state index contributed by atoms with van der Waals surface area (Å²) in [5, 5.41) is 11.4. The molecule has 34 heavy (non-hydrogen) atoms. The van der Waals surface area contributed by atoms with Crippen molar-refractivity contribution in [2.24, 2.45) is 5.92 Å². The highest BCUT2D eigenvalue weighted by molar-refractivity contribution is 5.99. The van der Waals surface area contributed by atoms with Gasteiger partial charge in [0.1, 0.15) is 12.3 Å². The van der Waals surface area contributed by atoms with Crippen LogP contribution in [0.25, 0.3) is 22.2 Å². The molecule has 1 fully saturated rings. The van der Waals surface area contributed by atoms with Gasteiger partial charge in [0.15, 0.2) is 0 Å². The number of piperidine rings is 1. The van der Waals surface area contributed by atoms with Gasteiger partial charge < -0.3 is 15.0 Å². The van der Waals surface area contributed by atoms with E-state index in [1.54, 1.807) is 17.3 Å². The number of ether oxygens (including phenoxy) is 1. The van der Waals surface area contributed by atoms with Crippen LogP contribution in [0.1, 0.15) is 18.4 Å². The fourth-order valence-electron chi connectivity index (χ4n) is 4.23. The third kappa shape index (κ3) is 4.76. The van der Waals surface area contributed by atoms with E-state index in [9.17, 15) is 9.59 Å². The Morgan fingerprint density at radius 3 is 2.74 bits per heavy atom. The number of nitrogens with zero attached hydrogens (tertiary/aromatic N) is 3. The molecule has 2 N–H and O–H groups in total. The number of amides is 2. The molecule has 172 valence electrons. The highest BCUT2D eigenvalue weighted by Gasteiger charge is 2.29. The predicted molar refractivity (Wildman–Crippen MR) is 129 cm³/mol. The molecule has 4 aromatic rings. The molecule has 2 amide bonds. The second kappa shape index (κ2) is 9.74. The first-order valence-electron chi connectivity index (χ1n) is 11.3. The molecule has 2 aromatic carbocycles. The summed E-state index contributed by atoms with van der Waals surface area (Å²) in [6.45, 7) is 1.15. The number of H-pyrrole nitrogens is 1. The molecule has 0 radical (unpaired) electrons. The molecule has 1 aliphatic rings. The van der Waals surface area contributed by atoms with Gasteiger partial charge in [-0.05, 0) is 48.7 Å². The van der Waals surface area contributed by atoms with Gasteiger partial charge in [0.2, 0.25) is 5.91 Å². The van der Waals surface area contributed by atoms with Gasteiger partial charge >= 0.3 is 6.09 Å². The van der Waals surface area contributed by atoms with E-state index >= 15 is 0 Å². The number of hydrogen-bond donors (Lipinski definition) is 2. The number of fused-ring (bicyclic) bond motifs is 1. The van der Waals surface area contributed by atoms with Crippen LogP contribution >= 0.6 is 0 Å². The Balaban J connectivity index is 1.23. The fourth-order valence-corrected chi connectivity index (χ4v) is 4.23. The van der Waals surface area contributed by atoms with E-state index in [-0.39, 0.29) is 24.5 Å². The van der Waals surface area contributed by atoms with E-state index in [4.69, 9.17) is 4.74 Å². The predicted octanol–water partition coefficient (Wildman–Crippen LogP) is 4.61. The first-order chi connectivity index (χ1) is 16.7. The smallest absolute Gasteiger partial charge is 0.410 e. The van der Waals surface area contributed by atoms with Crippen molar-refractivity contribution in [3.63, 3.8) is 0 Å². The number of nitrogens with one attached hydrogen (secondary N) is 2. The lowest BCUT2D eigenvalue weighted by molar-refractivity contribution is -0.121. The Labute approximate surface area is 197 Å². The number of carbonyl (C=O) groups excluding carboxylic acids is 2. The zero-order valence-corrected chi connectivity index (χ0v) is 18.6. The maximum absolute atomic E-state index is 13.0. The molecule has 0 saturated carbocycles. The second-order valence-corrected chi connectivity index (χ2v) is 8.38. The molecular formula is C26H25N5O3. The summed E-state index contributed by atoms with van der Waals surface area (Å²) in [5.74, 6) is -0.397. The minimum Gasteiger partial charge on any atom is -0.445 e.